The normalized spacial score (nSPS) is 12.7. The summed E-state index contributed by atoms with van der Waals surface area (Å²) in [5.74, 6) is 1.58. The molecule has 66 heavy (non-hydrogen) atoms. The lowest BCUT2D eigenvalue weighted by atomic mass is 10.1. The van der Waals surface area contributed by atoms with Crippen molar-refractivity contribution in [3.63, 3.8) is 0 Å². The van der Waals surface area contributed by atoms with E-state index in [0.717, 1.165) is 17.1 Å². The second-order valence-corrected chi connectivity index (χ2v) is 13.8. The van der Waals surface area contributed by atoms with Crippen LogP contribution in [0.3, 0.4) is 0 Å². The van der Waals surface area contributed by atoms with E-state index in [-0.39, 0.29) is 95.6 Å². The van der Waals surface area contributed by atoms with E-state index in [0.29, 0.717) is 24.0 Å². The minimum absolute atomic E-state index is 0.00880. The molecule has 0 spiro atoms. The second kappa shape index (κ2) is 35.6. The number of imide groups is 1. The Morgan fingerprint density at radius 1 is 0.879 bits per heavy atom. The molecular weight excluding hydrogens is 863 g/mol. The minimum Gasteiger partial charge on any atom is -0.470 e. The van der Waals surface area contributed by atoms with Gasteiger partial charge in [0.25, 0.3) is 11.8 Å². The summed E-state index contributed by atoms with van der Waals surface area (Å²) in [6.45, 7) is 8.83. The van der Waals surface area contributed by atoms with Gasteiger partial charge in [0.1, 0.15) is 30.8 Å². The van der Waals surface area contributed by atoms with Crippen LogP contribution in [0.25, 0.3) is 0 Å². The molecule has 0 aromatic heterocycles. The van der Waals surface area contributed by atoms with Gasteiger partial charge in [-0.2, -0.15) is 5.10 Å². The average molecular weight is 929 g/mol. The fourth-order valence-electron chi connectivity index (χ4n) is 5.27. The van der Waals surface area contributed by atoms with Crippen LogP contribution < -0.4 is 38.6 Å². The molecule has 0 bridgehead atoms. The summed E-state index contributed by atoms with van der Waals surface area (Å²) in [4.78, 5) is 113. The standard InChI is InChI=1S/C37H51BN10O13.C3H8.C2H6/c1-2-4-28(49)16-26(22-61-37(40)57)43-17-27(47-41)21-59-19-24-15-25(7-6-23(24)20-60-35(38)55)45-34(54)29(5-3-11-42-36(39)56)46-31(51)18-44-30(50)10-13-58-14-12-48-32(52)8-9-33(48)53;1-3-2;1-2/h6-9,15,17,26,29H,2-5,10-14,16,18-22,41H2,1H3,(H2,40,57)(H,44,50)(H,45,54)(H,46,51)(H3,39,42,56);3H2,1-2H3;1-2H3/b43-17?,47-27+;;. The molecule has 0 fully saturated rings. The van der Waals surface area contributed by atoms with Crippen LogP contribution in [-0.2, 0) is 60.9 Å². The summed E-state index contributed by atoms with van der Waals surface area (Å²) in [5.41, 5.74) is 11.5. The van der Waals surface area contributed by atoms with Gasteiger partial charge in [0, 0.05) is 49.9 Å². The van der Waals surface area contributed by atoms with Gasteiger partial charge < -0.3 is 57.5 Å². The Kier molecular flexibility index (Phi) is 32.0. The molecule has 2 unspecified atom stereocenters. The maximum absolute atomic E-state index is 13.5. The number of hydrogen-bond donors (Lipinski definition) is 7. The van der Waals surface area contributed by atoms with Crippen LogP contribution in [0.1, 0.15) is 90.7 Å². The largest absolute Gasteiger partial charge is 0.470 e. The molecule has 0 saturated carbocycles. The third-order valence-electron chi connectivity index (χ3n) is 8.26. The van der Waals surface area contributed by atoms with Crippen LogP contribution in [0.5, 0.6) is 0 Å². The Morgan fingerprint density at radius 3 is 2.17 bits per heavy atom. The van der Waals surface area contributed by atoms with Crippen molar-refractivity contribution < 1.29 is 62.1 Å². The quantitative estimate of drug-likeness (QED) is 0.0149. The topological polar surface area (TPSA) is 345 Å². The first-order valence-corrected chi connectivity index (χ1v) is 21.4. The van der Waals surface area contributed by atoms with Gasteiger partial charge in [0.2, 0.25) is 31.4 Å². The molecule has 24 heteroatoms. The number of hydrogen-bond acceptors (Lipinski definition) is 16. The fourth-order valence-corrected chi connectivity index (χ4v) is 5.27. The van der Waals surface area contributed by atoms with Crippen LogP contribution in [0, 0.1) is 0 Å². The molecule has 23 nitrogen and oxygen atoms in total. The van der Waals surface area contributed by atoms with Gasteiger partial charge in [-0.15, -0.1) is 0 Å². The number of hydrazone groups is 1. The highest BCUT2D eigenvalue weighted by Crippen LogP contribution is 2.19. The molecule has 8 amide bonds. The lowest BCUT2D eigenvalue weighted by Crippen LogP contribution is -2.47. The van der Waals surface area contributed by atoms with Crippen molar-refractivity contribution in [1.82, 2.24) is 20.9 Å². The van der Waals surface area contributed by atoms with Crippen molar-refractivity contribution in [3.05, 3.63) is 41.5 Å². The highest BCUT2D eigenvalue weighted by atomic mass is 16.5. The summed E-state index contributed by atoms with van der Waals surface area (Å²) in [6, 6.07) is 1.88. The summed E-state index contributed by atoms with van der Waals surface area (Å²) in [5, 5.41) is 13.7. The monoisotopic (exact) mass is 928 g/mol. The molecule has 1 aliphatic heterocycles. The van der Waals surface area contributed by atoms with E-state index in [1.54, 1.807) is 6.07 Å². The number of rotatable bonds is 29. The highest BCUT2D eigenvalue weighted by Gasteiger charge is 2.24. The zero-order chi connectivity index (χ0) is 49.9. The number of anilines is 1. The number of ether oxygens (including phenoxy) is 4. The van der Waals surface area contributed by atoms with Crippen LogP contribution in [0.4, 0.5) is 20.1 Å². The van der Waals surface area contributed by atoms with Crippen LogP contribution in [0.2, 0.25) is 0 Å². The highest BCUT2D eigenvalue weighted by molar-refractivity contribution is 6.55. The molecule has 0 aliphatic carbocycles. The predicted octanol–water partition coefficient (Wildman–Crippen LogP) is 1.38. The van der Waals surface area contributed by atoms with Gasteiger partial charge in [-0.3, -0.25) is 43.5 Å². The number of amides is 8. The van der Waals surface area contributed by atoms with Crippen molar-refractivity contribution in [3.8, 4) is 0 Å². The minimum atomic E-state index is -1.15. The summed E-state index contributed by atoms with van der Waals surface area (Å²) in [6.07, 6.45) is 4.82. The van der Waals surface area contributed by atoms with Gasteiger partial charge in [-0.1, -0.05) is 47.1 Å². The molecule has 2 rings (SSSR count). The third kappa shape index (κ3) is 27.5. The fraction of sp³-hybridized carbons (Fsp3) is 0.548. The smallest absolute Gasteiger partial charge is 0.404 e. The average Bonchev–Trinajstić information content (AvgIpc) is 3.59. The van der Waals surface area contributed by atoms with Gasteiger partial charge >= 0.3 is 12.1 Å². The molecule has 10 N–H and O–H groups in total. The summed E-state index contributed by atoms with van der Waals surface area (Å²) in [7, 11) is 5.16. The summed E-state index contributed by atoms with van der Waals surface area (Å²) < 4.78 is 20.9. The molecule has 0 saturated heterocycles. The van der Waals surface area contributed by atoms with Crippen molar-refractivity contribution in [2.75, 3.05) is 51.4 Å². The number of aliphatic imine (C=N–C) groups is 1. The molecular formula is C42H65BN10O13. The number of Topliss-reactive ketones (excluding diaryl/α,β-unsaturated/α-hetero) is 1. The number of nitrogens with two attached hydrogens (primary N) is 3. The van der Waals surface area contributed by atoms with Crippen LogP contribution in [0.15, 0.2) is 40.4 Å². The Labute approximate surface area is 386 Å². The third-order valence-corrected chi connectivity index (χ3v) is 8.26. The van der Waals surface area contributed by atoms with E-state index < -0.39 is 66.2 Å². The Hall–Kier alpha value is -6.69. The molecule has 1 aromatic carbocycles. The molecule has 1 heterocycles. The van der Waals surface area contributed by atoms with Gasteiger partial charge in [-0.25, -0.2) is 9.59 Å². The Balaban J connectivity index is 0.00000809. The zero-order valence-electron chi connectivity index (χ0n) is 38.4. The molecule has 2 radical (unpaired) electrons. The molecule has 1 aromatic rings. The first-order chi connectivity index (χ1) is 31.5. The summed E-state index contributed by atoms with van der Waals surface area (Å²) >= 11 is 0. The number of benzene rings is 1. The lowest BCUT2D eigenvalue weighted by Gasteiger charge is -2.20. The van der Waals surface area contributed by atoms with Crippen LogP contribution >= 0.6 is 0 Å². The van der Waals surface area contributed by atoms with E-state index in [9.17, 15) is 43.2 Å². The van der Waals surface area contributed by atoms with Crippen molar-refractivity contribution >= 4 is 78.8 Å². The maximum Gasteiger partial charge on any atom is 0.404 e. The maximum atomic E-state index is 13.5. The number of primary amides is 2. The number of nitrogens with zero attached hydrogens (tertiary/aromatic N) is 3. The molecule has 2 atom stereocenters. The van der Waals surface area contributed by atoms with Crippen molar-refractivity contribution in [2.24, 2.45) is 27.4 Å². The first kappa shape index (κ1) is 59.3. The van der Waals surface area contributed by atoms with Crippen LogP contribution in [-0.4, -0.2) is 136 Å². The lowest BCUT2D eigenvalue weighted by molar-refractivity contribution is -0.138. The Bertz CT molecular complexity index is 1830. The zero-order valence-corrected chi connectivity index (χ0v) is 38.4. The van der Waals surface area contributed by atoms with E-state index in [4.69, 9.17) is 44.1 Å². The first-order valence-electron chi connectivity index (χ1n) is 21.4. The molecule has 364 valence electrons. The van der Waals surface area contributed by atoms with Gasteiger partial charge in [-0.05, 0) is 42.5 Å². The predicted molar refractivity (Wildman–Crippen MR) is 245 cm³/mol. The number of urea groups is 1. The number of nitrogens with one attached hydrogen (secondary N) is 4. The number of ketones is 1. The number of carbonyl (C=O) groups is 9. The van der Waals surface area contributed by atoms with E-state index in [1.165, 1.54) is 24.8 Å². The van der Waals surface area contributed by atoms with E-state index in [2.05, 4.69) is 45.2 Å². The molecule has 1 aliphatic rings. The van der Waals surface area contributed by atoms with Crippen molar-refractivity contribution in [1.29, 1.82) is 0 Å². The Morgan fingerprint density at radius 2 is 1.56 bits per heavy atom. The van der Waals surface area contributed by atoms with E-state index >= 15 is 0 Å². The SMILES string of the molecule is CC.CCC.[B]C(=O)OCc1ccc(NC(=O)C(CCCNC(N)=O)NC(=O)CNC(=O)CCOCCN2C(=O)C=CC2=O)cc1COC/C(C=NC(COC(N)=O)CC(=O)CCC)=N/N. The van der Waals surface area contributed by atoms with Crippen molar-refractivity contribution in [2.45, 2.75) is 105 Å². The van der Waals surface area contributed by atoms with Gasteiger partial charge in [0.15, 0.2) is 0 Å². The van der Waals surface area contributed by atoms with E-state index in [1.807, 2.05) is 20.8 Å². The number of carbonyl (C=O) groups excluding carboxylic acids is 9. The van der Waals surface area contributed by atoms with Gasteiger partial charge in [0.05, 0.1) is 45.6 Å². The second-order valence-electron chi connectivity index (χ2n) is 13.8.